The van der Waals surface area contributed by atoms with Gasteiger partial charge in [-0.25, -0.2) is 0 Å². The van der Waals surface area contributed by atoms with Gasteiger partial charge in [-0.05, 0) is 77.5 Å². The van der Waals surface area contributed by atoms with Crippen molar-refractivity contribution in [2.45, 2.75) is 78.9 Å². The van der Waals surface area contributed by atoms with Crippen LogP contribution in [0.4, 0.5) is 0 Å². The number of carbonyl (C=O) groups is 1. The first kappa shape index (κ1) is 23.4. The van der Waals surface area contributed by atoms with Crippen molar-refractivity contribution in [3.05, 3.63) is 50.6 Å². The normalized spacial score (nSPS) is 19.7. The summed E-state index contributed by atoms with van der Waals surface area (Å²) >= 11 is 6.39. The molecule has 0 saturated carbocycles. The number of rotatable bonds is 7. The fourth-order valence-corrected chi connectivity index (χ4v) is 3.86. The number of ketones is 1. The molecule has 1 fully saturated rings. The number of Topliss-reactive ketones (excluding diaryl/α,β-unsaturated/α-hetero) is 1. The first-order chi connectivity index (χ1) is 13.5. The van der Waals surface area contributed by atoms with Crippen LogP contribution in [0.1, 0.15) is 69.2 Å². The molecule has 1 atom stereocenters. The lowest BCUT2D eigenvalue weighted by molar-refractivity contribution is -0.129. The lowest BCUT2D eigenvalue weighted by Gasteiger charge is -2.18. The van der Waals surface area contributed by atoms with Gasteiger partial charge in [-0.1, -0.05) is 29.3 Å². The van der Waals surface area contributed by atoms with Gasteiger partial charge >= 0.3 is 0 Å². The van der Waals surface area contributed by atoms with Crippen LogP contribution in [0.5, 0.6) is 5.75 Å². The SMILES string of the molecule is C/C(=C\Cc1c(C)c(Cl)c(C)c(C=N)c1O)CC/C=C(\C)C1CC(=O)C(C)(C)O1. The van der Waals surface area contributed by atoms with E-state index in [-0.39, 0.29) is 17.6 Å². The quantitative estimate of drug-likeness (QED) is 0.421. The van der Waals surface area contributed by atoms with Crippen LogP contribution in [0, 0.1) is 19.3 Å². The Hall–Kier alpha value is -1.91. The van der Waals surface area contributed by atoms with E-state index in [1.165, 1.54) is 5.57 Å². The minimum Gasteiger partial charge on any atom is -0.507 e. The van der Waals surface area contributed by atoms with Crippen LogP contribution in [0.3, 0.4) is 0 Å². The molecule has 2 rings (SSSR count). The molecular formula is C24H32ClNO3. The number of aromatic hydroxyl groups is 1. The molecular weight excluding hydrogens is 386 g/mol. The topological polar surface area (TPSA) is 70.4 Å². The number of hydrogen-bond acceptors (Lipinski definition) is 4. The molecule has 0 spiro atoms. The Morgan fingerprint density at radius 3 is 2.48 bits per heavy atom. The molecule has 2 N–H and O–H groups in total. The van der Waals surface area contributed by atoms with Crippen LogP contribution in [0.15, 0.2) is 23.3 Å². The maximum Gasteiger partial charge on any atom is 0.167 e. The molecule has 0 aromatic heterocycles. The van der Waals surface area contributed by atoms with E-state index in [1.807, 2.05) is 34.6 Å². The third-order valence-corrected chi connectivity index (χ3v) is 6.41. The van der Waals surface area contributed by atoms with Crippen molar-refractivity contribution in [3.63, 3.8) is 0 Å². The van der Waals surface area contributed by atoms with E-state index in [1.54, 1.807) is 0 Å². The molecule has 0 radical (unpaired) electrons. The second kappa shape index (κ2) is 9.27. The van der Waals surface area contributed by atoms with Crippen LogP contribution in [-0.4, -0.2) is 28.8 Å². The first-order valence-corrected chi connectivity index (χ1v) is 10.4. The maximum absolute atomic E-state index is 12.0. The number of allylic oxidation sites excluding steroid dienone is 3. The molecule has 1 unspecified atom stereocenters. The number of benzene rings is 1. The molecule has 5 heteroatoms. The van der Waals surface area contributed by atoms with Crippen molar-refractivity contribution in [1.29, 1.82) is 5.41 Å². The zero-order valence-corrected chi connectivity index (χ0v) is 19.0. The van der Waals surface area contributed by atoms with E-state index in [2.05, 4.69) is 19.1 Å². The van der Waals surface area contributed by atoms with Crippen LogP contribution in [0.25, 0.3) is 0 Å². The Morgan fingerprint density at radius 1 is 1.28 bits per heavy atom. The van der Waals surface area contributed by atoms with Crippen molar-refractivity contribution in [1.82, 2.24) is 0 Å². The van der Waals surface area contributed by atoms with E-state index in [0.29, 0.717) is 23.4 Å². The first-order valence-electron chi connectivity index (χ1n) is 10.0. The van der Waals surface area contributed by atoms with Crippen LogP contribution in [-0.2, 0) is 16.0 Å². The number of ether oxygens (including phenoxy) is 1. The smallest absolute Gasteiger partial charge is 0.167 e. The van der Waals surface area contributed by atoms with E-state index >= 15 is 0 Å². The molecule has 1 heterocycles. The second-order valence-corrected chi connectivity index (χ2v) is 8.81. The van der Waals surface area contributed by atoms with E-state index in [4.69, 9.17) is 21.7 Å². The zero-order valence-electron chi connectivity index (χ0n) is 18.3. The number of phenols is 1. The second-order valence-electron chi connectivity index (χ2n) is 8.43. The predicted octanol–water partition coefficient (Wildman–Crippen LogP) is 6.01. The highest BCUT2D eigenvalue weighted by molar-refractivity contribution is 6.32. The Bertz CT molecular complexity index is 881. The number of nitrogens with one attached hydrogen (secondary N) is 1. The number of halogens is 1. The van der Waals surface area contributed by atoms with Gasteiger partial charge in [0.2, 0.25) is 0 Å². The lowest BCUT2D eigenvalue weighted by Crippen LogP contribution is -2.27. The fourth-order valence-electron chi connectivity index (χ4n) is 3.64. The summed E-state index contributed by atoms with van der Waals surface area (Å²) in [5.41, 5.74) is 4.48. The molecule has 0 bridgehead atoms. The van der Waals surface area contributed by atoms with Crippen molar-refractivity contribution < 1.29 is 14.6 Å². The highest BCUT2D eigenvalue weighted by Crippen LogP contribution is 2.35. The zero-order chi connectivity index (χ0) is 21.9. The highest BCUT2D eigenvalue weighted by Gasteiger charge is 2.40. The van der Waals surface area contributed by atoms with Crippen LogP contribution in [0.2, 0.25) is 5.02 Å². The Morgan fingerprint density at radius 2 is 1.93 bits per heavy atom. The third-order valence-electron chi connectivity index (χ3n) is 5.85. The van der Waals surface area contributed by atoms with Gasteiger partial charge in [0.15, 0.2) is 5.78 Å². The van der Waals surface area contributed by atoms with Gasteiger partial charge in [0, 0.05) is 28.8 Å². The van der Waals surface area contributed by atoms with Gasteiger partial charge in [0.1, 0.15) is 11.4 Å². The number of hydrogen-bond donors (Lipinski definition) is 2. The van der Waals surface area contributed by atoms with Gasteiger partial charge in [-0.15, -0.1) is 0 Å². The summed E-state index contributed by atoms with van der Waals surface area (Å²) in [6.45, 7) is 11.5. The molecule has 1 aromatic rings. The van der Waals surface area contributed by atoms with E-state index in [9.17, 15) is 9.90 Å². The molecule has 158 valence electrons. The average Bonchev–Trinajstić information content (AvgIpc) is 2.93. The largest absolute Gasteiger partial charge is 0.507 e. The number of phenolic OH excluding ortho intramolecular Hbond substituents is 1. The monoisotopic (exact) mass is 417 g/mol. The van der Waals surface area contributed by atoms with Gasteiger partial charge in [-0.3, -0.25) is 4.79 Å². The van der Waals surface area contributed by atoms with Crippen molar-refractivity contribution >= 4 is 23.6 Å². The molecule has 1 aliphatic heterocycles. The summed E-state index contributed by atoms with van der Waals surface area (Å²) in [4.78, 5) is 12.0. The van der Waals surface area contributed by atoms with E-state index < -0.39 is 5.60 Å². The summed E-state index contributed by atoms with van der Waals surface area (Å²) in [5, 5.41) is 18.7. The standard InChI is InChI=1S/C24H32ClNO3/c1-14(8-7-9-15(2)20-12-21(27)24(5,6)29-20)10-11-18-16(3)22(25)17(4)19(13-26)23(18)28/h9-10,13,20,26,28H,7-8,11-12H2,1-6H3/b14-10+,15-9+,26-13?. The van der Waals surface area contributed by atoms with Crippen molar-refractivity contribution in [2.24, 2.45) is 0 Å². The Balaban J connectivity index is 2.02. The van der Waals surface area contributed by atoms with Crippen molar-refractivity contribution in [2.75, 3.05) is 0 Å². The third kappa shape index (κ3) is 5.18. The summed E-state index contributed by atoms with van der Waals surface area (Å²) in [6, 6.07) is 0. The Labute approximate surface area is 179 Å². The minimum absolute atomic E-state index is 0.115. The summed E-state index contributed by atoms with van der Waals surface area (Å²) in [5.74, 6) is 0.299. The highest BCUT2D eigenvalue weighted by atomic mass is 35.5. The maximum atomic E-state index is 12.0. The van der Waals surface area contributed by atoms with Crippen molar-refractivity contribution in [3.8, 4) is 5.75 Å². The molecule has 0 aliphatic carbocycles. The van der Waals surface area contributed by atoms with E-state index in [0.717, 1.165) is 41.3 Å². The molecule has 0 amide bonds. The predicted molar refractivity (Wildman–Crippen MR) is 120 cm³/mol. The summed E-state index contributed by atoms with van der Waals surface area (Å²) in [6.07, 6.45) is 8.06. The van der Waals surface area contributed by atoms with Gasteiger partial charge in [0.25, 0.3) is 0 Å². The average molecular weight is 418 g/mol. The summed E-state index contributed by atoms with van der Waals surface area (Å²) < 4.78 is 5.86. The lowest BCUT2D eigenvalue weighted by atomic mass is 9.95. The molecule has 29 heavy (non-hydrogen) atoms. The van der Waals surface area contributed by atoms with Gasteiger partial charge < -0.3 is 15.3 Å². The molecule has 1 saturated heterocycles. The Kier molecular flexibility index (Phi) is 7.47. The van der Waals surface area contributed by atoms with Gasteiger partial charge in [-0.2, -0.15) is 0 Å². The fraction of sp³-hybridized carbons (Fsp3) is 0.500. The minimum atomic E-state index is -0.680. The molecule has 1 aliphatic rings. The molecule has 1 aromatic carbocycles. The van der Waals surface area contributed by atoms with Crippen LogP contribution < -0.4 is 0 Å². The van der Waals surface area contributed by atoms with Gasteiger partial charge in [0.05, 0.1) is 6.10 Å². The summed E-state index contributed by atoms with van der Waals surface area (Å²) in [7, 11) is 0. The molecule has 4 nitrogen and oxygen atoms in total. The van der Waals surface area contributed by atoms with Crippen LogP contribution >= 0.6 is 11.6 Å². The number of carbonyl (C=O) groups excluding carboxylic acids is 1.